The highest BCUT2D eigenvalue weighted by Crippen LogP contribution is 2.48. The number of para-hydroxylation sites is 3. The number of aromatic nitrogens is 5. The van der Waals surface area contributed by atoms with E-state index in [0.29, 0.717) is 11.6 Å². The molecule has 2 aliphatic rings. The summed E-state index contributed by atoms with van der Waals surface area (Å²) in [5.74, 6) is 1.01. The zero-order valence-electron chi connectivity index (χ0n) is 21.1. The highest BCUT2D eigenvalue weighted by Gasteiger charge is 2.41. The van der Waals surface area contributed by atoms with Crippen molar-refractivity contribution in [3.63, 3.8) is 0 Å². The maximum atomic E-state index is 4.68. The van der Waals surface area contributed by atoms with Crippen molar-refractivity contribution in [2.45, 2.75) is 11.8 Å². The van der Waals surface area contributed by atoms with Crippen molar-refractivity contribution in [2.75, 3.05) is 11.4 Å². The summed E-state index contributed by atoms with van der Waals surface area (Å²) >= 11 is 0. The van der Waals surface area contributed by atoms with Gasteiger partial charge in [-0.3, -0.25) is 0 Å². The average molecular weight is 505 g/mol. The number of nitrogens with zero attached hydrogens (tertiary/aromatic N) is 6. The molecule has 8 rings (SSSR count). The fraction of sp³-hybridized carbons (Fsp3) is 0.0909. The number of fused-ring (bicyclic) bond motifs is 5. The lowest BCUT2D eigenvalue weighted by molar-refractivity contribution is 0.579. The van der Waals surface area contributed by atoms with Gasteiger partial charge in [0.05, 0.1) is 47.2 Å². The Kier molecular flexibility index (Phi) is 4.76. The van der Waals surface area contributed by atoms with Crippen LogP contribution in [-0.4, -0.2) is 31.0 Å². The molecule has 0 bridgehead atoms. The number of allylic oxidation sites excluding steroid dienone is 3. The number of hydrogen-bond donors (Lipinski definition) is 0. The second-order valence-corrected chi connectivity index (χ2v) is 10.2. The van der Waals surface area contributed by atoms with Crippen LogP contribution in [0.15, 0.2) is 122 Å². The van der Waals surface area contributed by atoms with Crippen LogP contribution in [0.5, 0.6) is 0 Å². The second kappa shape index (κ2) is 8.46. The Balaban J connectivity index is 1.12. The first-order chi connectivity index (χ1) is 19.3. The predicted molar refractivity (Wildman–Crippen MR) is 155 cm³/mol. The molecule has 6 aromatic rings. The van der Waals surface area contributed by atoms with Crippen molar-refractivity contribution in [2.24, 2.45) is 0 Å². The van der Waals surface area contributed by atoms with E-state index in [0.717, 1.165) is 35.4 Å². The Morgan fingerprint density at radius 3 is 1.85 bits per heavy atom. The van der Waals surface area contributed by atoms with Crippen molar-refractivity contribution in [1.82, 2.24) is 24.5 Å². The zero-order valence-corrected chi connectivity index (χ0v) is 21.1. The van der Waals surface area contributed by atoms with Crippen LogP contribution in [-0.2, 0) is 5.41 Å². The van der Waals surface area contributed by atoms with Gasteiger partial charge in [0, 0.05) is 28.4 Å². The van der Waals surface area contributed by atoms with E-state index in [4.69, 9.17) is 0 Å². The molecule has 1 atom stereocenters. The molecule has 6 nitrogen and oxygen atoms in total. The number of anilines is 2. The molecule has 0 N–H and O–H groups in total. The molecule has 1 unspecified atom stereocenters. The van der Waals surface area contributed by atoms with Gasteiger partial charge in [-0.15, -0.1) is 0 Å². The highest BCUT2D eigenvalue weighted by atomic mass is 15.2. The summed E-state index contributed by atoms with van der Waals surface area (Å²) in [6.45, 7) is 0.861. The van der Waals surface area contributed by atoms with Crippen molar-refractivity contribution in [1.29, 1.82) is 0 Å². The van der Waals surface area contributed by atoms with E-state index in [1.54, 1.807) is 0 Å². The lowest BCUT2D eigenvalue weighted by atomic mass is 9.77. The highest BCUT2D eigenvalue weighted by molar-refractivity contribution is 6.09. The van der Waals surface area contributed by atoms with Gasteiger partial charge in [-0.1, -0.05) is 78.9 Å². The van der Waals surface area contributed by atoms with Crippen LogP contribution in [0.4, 0.5) is 11.4 Å². The maximum Gasteiger partial charge on any atom is 0.197 e. The molecule has 3 aromatic carbocycles. The van der Waals surface area contributed by atoms with Crippen molar-refractivity contribution in [3.05, 3.63) is 127 Å². The molecule has 186 valence electrons. The summed E-state index contributed by atoms with van der Waals surface area (Å²) in [7, 11) is 0. The van der Waals surface area contributed by atoms with Crippen LogP contribution in [0.1, 0.15) is 12.0 Å². The van der Waals surface area contributed by atoms with Crippen molar-refractivity contribution < 1.29 is 0 Å². The maximum absolute atomic E-state index is 4.68. The normalized spacial score (nSPS) is 17.9. The minimum atomic E-state index is -0.0181. The first-order valence-corrected chi connectivity index (χ1v) is 13.2. The first-order valence-electron chi connectivity index (χ1n) is 13.2. The minimum Gasteiger partial charge on any atom is -0.337 e. The summed E-state index contributed by atoms with van der Waals surface area (Å²) in [6.07, 6.45) is 17.3. The monoisotopic (exact) mass is 504 g/mol. The van der Waals surface area contributed by atoms with Gasteiger partial charge in [0.2, 0.25) is 0 Å². The van der Waals surface area contributed by atoms with Crippen LogP contribution in [0, 0.1) is 0 Å². The Morgan fingerprint density at radius 1 is 0.615 bits per heavy atom. The van der Waals surface area contributed by atoms with Gasteiger partial charge in [-0.25, -0.2) is 19.9 Å². The van der Waals surface area contributed by atoms with Gasteiger partial charge in [0.1, 0.15) is 0 Å². The molecule has 1 aliphatic carbocycles. The van der Waals surface area contributed by atoms with Gasteiger partial charge in [0.25, 0.3) is 0 Å². The number of hydrogen-bond acceptors (Lipinski definition) is 5. The molecular formula is C33H24N6. The fourth-order valence-corrected chi connectivity index (χ4v) is 6.12. The Labute approximate surface area is 225 Å². The standard InChI is InChI=1S/C33H24N6/c1-8-16-33(17-9-1)22-38(30-15-7-4-12-27(30)33)23-18-34-31(35-19-23)32-36-20-24(21-37-32)39-28-13-5-2-10-25(28)26-11-3-6-14-29(26)39/h1-16,18-21H,17,22H2. The lowest BCUT2D eigenvalue weighted by Crippen LogP contribution is -2.30. The molecule has 1 aliphatic heterocycles. The third kappa shape index (κ3) is 3.35. The van der Waals surface area contributed by atoms with E-state index in [1.165, 1.54) is 22.0 Å². The lowest BCUT2D eigenvalue weighted by Gasteiger charge is -2.27. The molecule has 0 saturated heterocycles. The first kappa shape index (κ1) is 21.9. The summed E-state index contributed by atoms with van der Waals surface area (Å²) in [5.41, 5.74) is 6.66. The molecule has 39 heavy (non-hydrogen) atoms. The van der Waals surface area contributed by atoms with E-state index in [9.17, 15) is 0 Å². The van der Waals surface area contributed by atoms with Crippen molar-refractivity contribution >= 4 is 33.2 Å². The largest absolute Gasteiger partial charge is 0.337 e. The van der Waals surface area contributed by atoms with Crippen molar-refractivity contribution in [3.8, 4) is 17.3 Å². The van der Waals surface area contributed by atoms with E-state index < -0.39 is 0 Å². The molecule has 0 fully saturated rings. The molecule has 0 saturated carbocycles. The third-order valence-electron chi connectivity index (χ3n) is 7.94. The Hall–Kier alpha value is -5.10. The van der Waals surface area contributed by atoms with Gasteiger partial charge >= 0.3 is 0 Å². The molecular weight excluding hydrogens is 480 g/mol. The fourth-order valence-electron chi connectivity index (χ4n) is 6.12. The molecule has 0 radical (unpaired) electrons. The third-order valence-corrected chi connectivity index (χ3v) is 7.94. The van der Waals surface area contributed by atoms with Crippen LogP contribution < -0.4 is 4.90 Å². The summed E-state index contributed by atoms with van der Waals surface area (Å²) in [6, 6.07) is 25.5. The Morgan fingerprint density at radius 2 is 1.21 bits per heavy atom. The quantitative estimate of drug-likeness (QED) is 0.261. The zero-order chi connectivity index (χ0) is 25.8. The summed E-state index contributed by atoms with van der Waals surface area (Å²) in [5, 5.41) is 2.42. The molecule has 0 amide bonds. The number of rotatable bonds is 3. The molecule has 6 heteroatoms. The molecule has 1 spiro atoms. The van der Waals surface area contributed by atoms with E-state index in [2.05, 4.69) is 127 Å². The molecule has 3 aromatic heterocycles. The smallest absolute Gasteiger partial charge is 0.197 e. The van der Waals surface area contributed by atoms with Crippen LogP contribution >= 0.6 is 0 Å². The second-order valence-electron chi connectivity index (χ2n) is 10.2. The summed E-state index contributed by atoms with van der Waals surface area (Å²) in [4.78, 5) is 21.0. The number of benzene rings is 3. The van der Waals surface area contributed by atoms with Gasteiger partial charge in [-0.2, -0.15) is 0 Å². The van der Waals surface area contributed by atoms with E-state index in [-0.39, 0.29) is 5.41 Å². The van der Waals surface area contributed by atoms with Gasteiger partial charge in [-0.05, 0) is 30.2 Å². The van der Waals surface area contributed by atoms with Crippen LogP contribution in [0.3, 0.4) is 0 Å². The van der Waals surface area contributed by atoms with E-state index in [1.807, 2.05) is 24.8 Å². The molecule has 4 heterocycles. The van der Waals surface area contributed by atoms with Crippen LogP contribution in [0.2, 0.25) is 0 Å². The van der Waals surface area contributed by atoms with Gasteiger partial charge in [0.15, 0.2) is 11.6 Å². The Bertz CT molecular complexity index is 1860. The van der Waals surface area contributed by atoms with Gasteiger partial charge < -0.3 is 9.47 Å². The average Bonchev–Trinajstić information content (AvgIpc) is 3.51. The predicted octanol–water partition coefficient (Wildman–Crippen LogP) is 6.94. The SMILES string of the molecule is C1=CCC2(C=C1)CN(c1cnc(-c3ncc(-n4c5ccccc5c5ccccc54)cn3)nc1)c1ccccc12. The topological polar surface area (TPSA) is 59.7 Å². The van der Waals surface area contributed by atoms with E-state index >= 15 is 0 Å². The van der Waals surface area contributed by atoms with Crippen LogP contribution in [0.25, 0.3) is 39.1 Å². The minimum absolute atomic E-state index is 0.0181. The summed E-state index contributed by atoms with van der Waals surface area (Å²) < 4.78 is 2.20.